The number of aliphatic hydroxyl groups excluding tert-OH is 5. The second-order valence-corrected chi connectivity index (χ2v) is 51.9. The third-order valence-corrected chi connectivity index (χ3v) is 33.3. The molecule has 0 saturated carbocycles. The Morgan fingerprint density at radius 1 is 0.491 bits per heavy atom. The van der Waals surface area contributed by atoms with Crippen LogP contribution in [0.1, 0.15) is 165 Å². The number of aldehydes is 2. The minimum Gasteiger partial charge on any atom is -0.481 e. The topological polar surface area (TPSA) is 376 Å². The SMILES string of the molecule is C.C=CC(OPP)[C@H](C)N(C)P.CC(C(=O)O)C(C)S(=O)(=O)C(C)CC(C)N(C)C.CC(C(=O)O)N(C)P(P)P.CC(CC(C)C(C)C(=O)NC(C)C(=O)N[C@@H](C)[C@@H](O)[C@H](C)O)CC(C)N(C)C.CC(O)C(O)[C@H](C)N(C)C(=O)C(C)N(C)P(P)P.CC(O)C(OPP)[C@H](C)N(C)P.C[C@@H](C(C=O)OPP)N(C)P.C[C@@H](C=O)N(C)P. The van der Waals surface area contributed by atoms with Crippen LogP contribution in [0, 0.1) is 23.7 Å². The second kappa shape index (κ2) is 75.4. The van der Waals surface area contributed by atoms with E-state index in [1.165, 1.54) is 32.6 Å². The number of carbonyl (C=O) groups excluding carboxylic acids is 5. The highest BCUT2D eigenvalue weighted by Gasteiger charge is 2.37. The molecule has 698 valence electrons. The highest BCUT2D eigenvalue weighted by molar-refractivity contribution is 8.42. The van der Waals surface area contributed by atoms with Crippen molar-refractivity contribution in [3.8, 4) is 0 Å². The van der Waals surface area contributed by atoms with E-state index >= 15 is 0 Å². The fourth-order valence-electron chi connectivity index (χ4n) is 8.98. The summed E-state index contributed by atoms with van der Waals surface area (Å²) in [5.74, 6) is -2.82. The fourth-order valence-corrected chi connectivity index (χ4v) is 17.8. The number of carbonyl (C=O) groups is 7. The van der Waals surface area contributed by atoms with Crippen molar-refractivity contribution in [3.63, 3.8) is 0 Å². The van der Waals surface area contributed by atoms with Crippen molar-refractivity contribution in [2.24, 2.45) is 23.7 Å². The Morgan fingerprint density at radius 2 is 0.879 bits per heavy atom. The number of nitrogens with zero attached hydrogens (tertiary/aromatic N) is 9. The molecule has 47 heteroatoms. The first-order valence-electron chi connectivity index (χ1n) is 37.4. The maximum atomic E-state index is 12.6. The number of carboxylic acids is 2. The summed E-state index contributed by atoms with van der Waals surface area (Å²) in [5.41, 5.74) is 0. The molecule has 0 aliphatic heterocycles. The Morgan fingerprint density at radius 3 is 1.18 bits per heavy atom. The molecule has 9 N–H and O–H groups in total. The fraction of sp³-hybridized carbons (Fsp3) is 0.870. The lowest BCUT2D eigenvalue weighted by Crippen LogP contribution is -2.53. The van der Waals surface area contributed by atoms with Gasteiger partial charge < -0.3 is 84.2 Å². The molecular weight excluding hydrogens is 1810 g/mol. The van der Waals surface area contributed by atoms with Crippen molar-refractivity contribution in [1.82, 2.24) is 53.4 Å². The van der Waals surface area contributed by atoms with Crippen LogP contribution in [0.5, 0.6) is 0 Å². The number of hydrogen-bond acceptors (Lipinski definition) is 25. The normalized spacial score (nSPS) is 18.3. The molecule has 0 aromatic rings. The van der Waals surface area contributed by atoms with Gasteiger partial charge in [-0.1, -0.05) is 141 Å². The number of rotatable bonds is 45. The molecule has 0 rings (SSSR count). The maximum absolute atomic E-state index is 12.6. The van der Waals surface area contributed by atoms with Crippen LogP contribution in [-0.2, 0) is 57.0 Å². The minimum absolute atomic E-state index is 0. The number of hydrogen-bond donors (Lipinski definition) is 9. The third kappa shape index (κ3) is 62.8. The Hall–Kier alpha value is 2.62. The van der Waals surface area contributed by atoms with Gasteiger partial charge in [0.25, 0.3) is 0 Å². The molecule has 0 heterocycles. The van der Waals surface area contributed by atoms with Crippen LogP contribution in [0.4, 0.5) is 0 Å². The van der Waals surface area contributed by atoms with E-state index in [0.29, 0.717) is 41.4 Å². The van der Waals surface area contributed by atoms with Gasteiger partial charge in [0, 0.05) is 83.6 Å². The Labute approximate surface area is 737 Å². The first-order chi connectivity index (χ1) is 52.3. The summed E-state index contributed by atoms with van der Waals surface area (Å²) in [6.07, 6.45) is 1.53. The molecule has 0 aliphatic carbocycles. The number of sulfone groups is 1. The number of amides is 3. The van der Waals surface area contributed by atoms with Gasteiger partial charge in [-0.3, -0.25) is 52.0 Å². The van der Waals surface area contributed by atoms with Crippen molar-refractivity contribution >= 4 is 193 Å². The highest BCUT2D eigenvalue weighted by atomic mass is 32.4. The molecule has 0 spiro atoms. The molecule has 31 unspecified atom stereocenters. The zero-order chi connectivity index (χ0) is 93.1. The van der Waals surface area contributed by atoms with Crippen LogP contribution in [0.3, 0.4) is 0 Å². The molecule has 0 radical (unpaired) electrons. The van der Waals surface area contributed by atoms with Crippen molar-refractivity contribution in [2.75, 3.05) is 77.5 Å². The van der Waals surface area contributed by atoms with E-state index in [1.54, 1.807) is 65.0 Å². The number of aliphatic hydroxyl groups is 5. The number of nitrogens with one attached hydrogen (secondary N) is 2. The van der Waals surface area contributed by atoms with Crippen LogP contribution >= 0.6 is 140 Å². The number of aliphatic carboxylic acids is 2. The Bertz CT molecular complexity index is 2660. The van der Waals surface area contributed by atoms with Crippen molar-refractivity contribution < 1.29 is 91.3 Å². The van der Waals surface area contributed by atoms with Gasteiger partial charge in [-0.05, 0) is 212 Å². The maximum Gasteiger partial charge on any atom is 0.320 e. The zero-order valence-corrected chi connectivity index (χ0v) is 93.0. The van der Waals surface area contributed by atoms with Gasteiger partial charge in [-0.15, -0.1) is 6.58 Å². The molecule has 30 nitrogen and oxygen atoms in total. The largest absolute Gasteiger partial charge is 0.481 e. The lowest BCUT2D eigenvalue weighted by atomic mass is 9.84. The predicted octanol–water partition coefficient (Wildman–Crippen LogP) is 10.2. The van der Waals surface area contributed by atoms with Gasteiger partial charge in [-0.2, -0.15) is 0 Å². The van der Waals surface area contributed by atoms with Gasteiger partial charge in [0.15, 0.2) is 16.1 Å². The van der Waals surface area contributed by atoms with Crippen LogP contribution in [0.15, 0.2) is 12.7 Å². The van der Waals surface area contributed by atoms with Crippen LogP contribution < -0.4 is 10.6 Å². The van der Waals surface area contributed by atoms with Crippen LogP contribution in [0.25, 0.3) is 0 Å². The van der Waals surface area contributed by atoms with E-state index in [4.69, 9.17) is 23.8 Å². The van der Waals surface area contributed by atoms with Gasteiger partial charge in [-0.25, -0.2) is 8.42 Å². The van der Waals surface area contributed by atoms with Gasteiger partial charge in [0.05, 0.1) is 77.2 Å². The summed E-state index contributed by atoms with van der Waals surface area (Å²) in [7, 11) is 45.8. The average molecular weight is 1980 g/mol. The van der Waals surface area contributed by atoms with E-state index in [2.05, 4.69) is 164 Å². The summed E-state index contributed by atoms with van der Waals surface area (Å²) in [6.45, 7) is 39.7. The average Bonchev–Trinajstić information content (AvgIpc) is 0.828. The molecule has 3 amide bonds. The van der Waals surface area contributed by atoms with Crippen molar-refractivity contribution in [1.29, 1.82) is 0 Å². The standard InChI is InChI=1S/C21H43N3O4.C12H25NO4S.C10H25N2O3P3.C6H18NO2P3.C6H16NOP3.C5H14NO2P3.C4H12NO2P3.C4H10NOP.CH4/c1-12(11-14(3)24(8)9)10-13(2)15(4)20(27)23-17(6)21(28)22-16(5)19(26)18(7)25;1-8(13(5)6)7-9(2)18(16,17)11(4)10(3)12(14)15;1-6(9(14)8(3)13)11(4)10(15)7(2)12(5)18(16)17;1-4(7(3)10)6(5(2)8)9-12-11;1-4-6(8-11-10)5(2)7(3)9;1-4(6(2)9)5(3-7)8-11-10;1-3(4(6)7)5(2)10(8)9;1-4(3-6)5(2)7;/h12-19,25-26H,10-11H2,1-9H3,(H,22,28)(H,23,27);8-11H,7H2,1-6H3,(H,14,15);6-9,13-14H,16-17H2,1-5H3;4-6,8,12H,10-11H2,1-3H3;4-6,11H,1,9-10H2,2-3H3;3-5,11H,9-10H2,1-2H3;3H,8-9H2,1-2H3,(H,6,7);3-4H,7H2,1-2H3;1H4/t12?,13?,14?,15?,16-,17?,18-,19+;;6-,7?,8?,9?;4-,5?,6?;5-,6?;4-,5?;;4-;/m0.0000.0./s1. The smallest absolute Gasteiger partial charge is 0.320 e. The predicted molar refractivity (Wildman–Crippen MR) is 537 cm³/mol. The molecule has 116 heavy (non-hydrogen) atoms. The summed E-state index contributed by atoms with van der Waals surface area (Å²) in [6, 6.07) is -1.10. The summed E-state index contributed by atoms with van der Waals surface area (Å²) >= 11 is 0. The number of likely N-dealkylation sites (N-methyl/N-ethyl adjacent to an activating group) is 7. The first kappa shape index (κ1) is 137. The summed E-state index contributed by atoms with van der Waals surface area (Å²) < 4.78 is 51.9. The summed E-state index contributed by atoms with van der Waals surface area (Å²) in [4.78, 5) is 84.3. The van der Waals surface area contributed by atoms with E-state index < -0.39 is 108 Å². The Kier molecular flexibility index (Phi) is 88.8. The van der Waals surface area contributed by atoms with Gasteiger partial charge in [0.2, 0.25) is 17.7 Å². The molecule has 0 aromatic carbocycles. The quantitative estimate of drug-likeness (QED) is 0.0155. The molecule has 0 aliphatic rings. The number of carboxylic acid groups (broad SMARTS) is 2. The van der Waals surface area contributed by atoms with E-state index in [1.807, 2.05) is 121 Å². The molecule has 0 bridgehead atoms. The van der Waals surface area contributed by atoms with E-state index in [0.717, 1.165) is 25.4 Å². The lowest BCUT2D eigenvalue weighted by molar-refractivity contribution is -0.141. The zero-order valence-electron chi connectivity index (χ0n) is 74.7. The molecule has 39 atom stereocenters. The highest BCUT2D eigenvalue weighted by Crippen LogP contribution is 2.56. The molecule has 0 saturated heterocycles. The first-order valence-corrected chi connectivity index (χ1v) is 58.3. The Balaban J connectivity index is -0.000000167. The molecule has 0 aromatic heterocycles. The van der Waals surface area contributed by atoms with E-state index in [9.17, 15) is 67.5 Å². The molecule has 0 fully saturated rings. The van der Waals surface area contributed by atoms with Crippen LogP contribution in [-0.4, -0.2) is 332 Å². The summed E-state index contributed by atoms with van der Waals surface area (Å²) in [5, 5.41) is 69.2. The lowest BCUT2D eigenvalue weighted by Gasteiger charge is -2.35. The van der Waals surface area contributed by atoms with Crippen molar-refractivity contribution in [3.05, 3.63) is 12.7 Å². The second-order valence-electron chi connectivity index (χ2n) is 29.7. The van der Waals surface area contributed by atoms with Crippen molar-refractivity contribution in [2.45, 2.75) is 291 Å². The van der Waals surface area contributed by atoms with Gasteiger partial charge in [0.1, 0.15) is 30.6 Å². The van der Waals surface area contributed by atoms with E-state index in [-0.39, 0.29) is 94.0 Å². The minimum atomic E-state index is -3.42. The molecular formula is C69H167N11O19P16S. The monoisotopic (exact) mass is 1980 g/mol. The van der Waals surface area contributed by atoms with Gasteiger partial charge >= 0.3 is 11.9 Å². The third-order valence-electron chi connectivity index (χ3n) is 19.7. The van der Waals surface area contributed by atoms with Crippen LogP contribution in [0.2, 0.25) is 0 Å².